The number of ether oxygens (including phenoxy) is 1. The Kier molecular flexibility index (Phi) is 8.34. The highest BCUT2D eigenvalue weighted by molar-refractivity contribution is 7.89. The number of rotatable bonds is 8. The van der Waals surface area contributed by atoms with E-state index >= 15 is 0 Å². The third-order valence-electron chi connectivity index (χ3n) is 6.69. The van der Waals surface area contributed by atoms with Crippen molar-refractivity contribution in [2.75, 3.05) is 33.3 Å². The molecule has 2 heterocycles. The van der Waals surface area contributed by atoms with Crippen LogP contribution in [0, 0.1) is 0 Å². The third kappa shape index (κ3) is 5.74. The van der Waals surface area contributed by atoms with Gasteiger partial charge in [0.2, 0.25) is 20.0 Å². The summed E-state index contributed by atoms with van der Waals surface area (Å²) in [6.07, 6.45) is 5.40. The molecule has 2 aliphatic heterocycles. The summed E-state index contributed by atoms with van der Waals surface area (Å²) in [5, 5.41) is 2.78. The fraction of sp³-hybridized carbons (Fsp3) is 0.480. The summed E-state index contributed by atoms with van der Waals surface area (Å²) in [6, 6.07) is 10.8. The van der Waals surface area contributed by atoms with Crippen molar-refractivity contribution < 1.29 is 26.4 Å². The molecule has 9 nitrogen and oxygen atoms in total. The highest BCUT2D eigenvalue weighted by atomic mass is 32.2. The molecule has 4 rings (SSSR count). The van der Waals surface area contributed by atoms with Crippen molar-refractivity contribution in [2.45, 2.75) is 54.9 Å². The highest BCUT2D eigenvalue weighted by Crippen LogP contribution is 2.29. The topological polar surface area (TPSA) is 113 Å². The predicted octanol–water partition coefficient (Wildman–Crippen LogP) is 2.97. The number of carbonyl (C=O) groups is 1. The zero-order valence-electron chi connectivity index (χ0n) is 20.5. The zero-order valence-corrected chi connectivity index (χ0v) is 22.1. The molecule has 36 heavy (non-hydrogen) atoms. The molecule has 0 saturated carbocycles. The average Bonchev–Trinajstić information content (AvgIpc) is 2.92. The van der Waals surface area contributed by atoms with E-state index in [4.69, 9.17) is 4.74 Å². The summed E-state index contributed by atoms with van der Waals surface area (Å²) in [4.78, 5) is 13.1. The number of amides is 1. The lowest BCUT2D eigenvalue weighted by Crippen LogP contribution is -2.36. The number of methoxy groups -OCH3 is 1. The maximum absolute atomic E-state index is 13.2. The van der Waals surface area contributed by atoms with Gasteiger partial charge in [-0.25, -0.2) is 16.8 Å². The molecule has 0 aromatic heterocycles. The maximum Gasteiger partial charge on any atom is 0.251 e. The Bertz CT molecular complexity index is 1280. The van der Waals surface area contributed by atoms with Crippen LogP contribution in [0.25, 0.3) is 0 Å². The number of hydrogen-bond donors (Lipinski definition) is 1. The van der Waals surface area contributed by atoms with E-state index in [1.807, 2.05) is 0 Å². The standard InChI is InChI=1S/C25H33N3O6S2/c1-34-23-13-10-21(18-24(23)36(32,33)28-16-6-3-7-17-28)25(29)26-19-20-8-11-22(12-9-20)35(30,31)27-14-4-2-5-15-27/h8-13,18H,2-7,14-17,19H2,1H3,(H,26,29). The molecule has 2 aromatic rings. The lowest BCUT2D eigenvalue weighted by Gasteiger charge is -2.26. The maximum atomic E-state index is 13.2. The Balaban J connectivity index is 1.45. The number of piperidine rings is 2. The second-order valence-electron chi connectivity index (χ2n) is 9.12. The first-order valence-corrected chi connectivity index (χ1v) is 15.2. The van der Waals surface area contributed by atoms with E-state index in [2.05, 4.69) is 5.32 Å². The zero-order chi connectivity index (χ0) is 25.8. The molecule has 0 radical (unpaired) electrons. The van der Waals surface area contributed by atoms with Gasteiger partial charge in [-0.2, -0.15) is 8.61 Å². The Morgan fingerprint density at radius 3 is 1.92 bits per heavy atom. The van der Waals surface area contributed by atoms with Crippen molar-refractivity contribution in [3.05, 3.63) is 53.6 Å². The molecular weight excluding hydrogens is 502 g/mol. The number of hydrogen-bond acceptors (Lipinski definition) is 6. The van der Waals surface area contributed by atoms with Crippen LogP contribution in [0.1, 0.15) is 54.4 Å². The lowest BCUT2D eigenvalue weighted by molar-refractivity contribution is 0.0950. The van der Waals surface area contributed by atoms with Crippen molar-refractivity contribution in [1.29, 1.82) is 0 Å². The minimum atomic E-state index is -3.79. The molecule has 0 aliphatic carbocycles. The van der Waals surface area contributed by atoms with E-state index in [1.165, 1.54) is 33.9 Å². The third-order valence-corrected chi connectivity index (χ3v) is 10.5. The van der Waals surface area contributed by atoms with Crippen molar-refractivity contribution in [2.24, 2.45) is 0 Å². The largest absolute Gasteiger partial charge is 0.495 e. The van der Waals surface area contributed by atoms with Gasteiger partial charge in [0.05, 0.1) is 12.0 Å². The van der Waals surface area contributed by atoms with Gasteiger partial charge >= 0.3 is 0 Å². The van der Waals surface area contributed by atoms with Gasteiger partial charge in [-0.05, 0) is 61.6 Å². The Hall–Kier alpha value is -2.47. The number of carbonyl (C=O) groups excluding carboxylic acids is 1. The first kappa shape index (κ1) is 26.6. The van der Waals surface area contributed by atoms with Crippen LogP contribution in [-0.4, -0.2) is 64.6 Å². The Morgan fingerprint density at radius 2 is 1.36 bits per heavy atom. The number of nitrogens with one attached hydrogen (secondary N) is 1. The molecule has 2 aromatic carbocycles. The summed E-state index contributed by atoms with van der Waals surface area (Å²) < 4.78 is 60.3. The van der Waals surface area contributed by atoms with Gasteiger partial charge in [0.25, 0.3) is 5.91 Å². The fourth-order valence-corrected chi connectivity index (χ4v) is 7.80. The fourth-order valence-electron chi connectivity index (χ4n) is 4.58. The van der Waals surface area contributed by atoms with Crippen LogP contribution in [0.5, 0.6) is 5.75 Å². The van der Waals surface area contributed by atoms with Crippen LogP contribution in [0.4, 0.5) is 0 Å². The van der Waals surface area contributed by atoms with Crippen molar-refractivity contribution in [3.8, 4) is 5.75 Å². The Morgan fingerprint density at radius 1 is 0.806 bits per heavy atom. The van der Waals surface area contributed by atoms with E-state index in [0.29, 0.717) is 26.2 Å². The Labute approximate surface area is 213 Å². The molecule has 2 aliphatic rings. The van der Waals surface area contributed by atoms with Crippen LogP contribution in [-0.2, 0) is 26.6 Å². The van der Waals surface area contributed by atoms with Crippen LogP contribution in [0.3, 0.4) is 0 Å². The molecule has 0 spiro atoms. The first-order valence-electron chi connectivity index (χ1n) is 12.3. The summed E-state index contributed by atoms with van der Waals surface area (Å²) in [6.45, 7) is 2.15. The van der Waals surface area contributed by atoms with E-state index in [0.717, 1.165) is 44.1 Å². The van der Waals surface area contributed by atoms with Crippen LogP contribution in [0.15, 0.2) is 52.3 Å². The van der Waals surface area contributed by atoms with Gasteiger partial charge < -0.3 is 10.1 Å². The number of benzene rings is 2. The second kappa shape index (κ2) is 11.3. The highest BCUT2D eigenvalue weighted by Gasteiger charge is 2.30. The molecule has 0 bridgehead atoms. The molecule has 1 N–H and O–H groups in total. The molecule has 2 fully saturated rings. The van der Waals surface area contributed by atoms with Gasteiger partial charge in [0, 0.05) is 38.3 Å². The first-order chi connectivity index (χ1) is 17.2. The quantitative estimate of drug-likeness (QED) is 0.556. The average molecular weight is 536 g/mol. The molecule has 2 saturated heterocycles. The summed E-state index contributed by atoms with van der Waals surface area (Å²) in [7, 11) is -5.90. The van der Waals surface area contributed by atoms with Gasteiger partial charge in [0.15, 0.2) is 0 Å². The van der Waals surface area contributed by atoms with Crippen LogP contribution in [0.2, 0.25) is 0 Å². The minimum Gasteiger partial charge on any atom is -0.495 e. The van der Waals surface area contributed by atoms with Crippen molar-refractivity contribution >= 4 is 26.0 Å². The molecule has 0 atom stereocenters. The van der Waals surface area contributed by atoms with E-state index in [9.17, 15) is 21.6 Å². The SMILES string of the molecule is COc1ccc(C(=O)NCc2ccc(S(=O)(=O)N3CCCCC3)cc2)cc1S(=O)(=O)N1CCCCC1. The summed E-state index contributed by atoms with van der Waals surface area (Å²) in [5.74, 6) is -0.236. The van der Waals surface area contributed by atoms with Gasteiger partial charge in [0.1, 0.15) is 10.6 Å². The number of nitrogens with zero attached hydrogens (tertiary/aromatic N) is 2. The van der Waals surface area contributed by atoms with Crippen LogP contribution >= 0.6 is 0 Å². The summed E-state index contributed by atoms with van der Waals surface area (Å²) >= 11 is 0. The van der Waals surface area contributed by atoms with Gasteiger partial charge in [-0.15, -0.1) is 0 Å². The molecule has 1 amide bonds. The van der Waals surface area contributed by atoms with Crippen LogP contribution < -0.4 is 10.1 Å². The summed E-state index contributed by atoms with van der Waals surface area (Å²) in [5.41, 5.74) is 0.936. The molecule has 0 unspecified atom stereocenters. The van der Waals surface area contributed by atoms with E-state index < -0.39 is 26.0 Å². The minimum absolute atomic E-state index is 0.0215. The molecule has 11 heteroatoms. The van der Waals surface area contributed by atoms with Gasteiger partial charge in [-0.3, -0.25) is 4.79 Å². The van der Waals surface area contributed by atoms with Gasteiger partial charge in [-0.1, -0.05) is 25.0 Å². The number of sulfonamides is 2. The van der Waals surface area contributed by atoms with Crippen molar-refractivity contribution in [1.82, 2.24) is 13.9 Å². The van der Waals surface area contributed by atoms with Crippen molar-refractivity contribution in [3.63, 3.8) is 0 Å². The van der Waals surface area contributed by atoms with E-state index in [-0.39, 0.29) is 27.6 Å². The monoisotopic (exact) mass is 535 g/mol. The second-order valence-corrected chi connectivity index (χ2v) is 13.0. The smallest absolute Gasteiger partial charge is 0.251 e. The molecular formula is C25H33N3O6S2. The normalized spacial score (nSPS) is 18.0. The van der Waals surface area contributed by atoms with E-state index in [1.54, 1.807) is 24.3 Å². The predicted molar refractivity (Wildman–Crippen MR) is 136 cm³/mol. The lowest BCUT2D eigenvalue weighted by atomic mass is 10.2. The molecule has 196 valence electrons.